The van der Waals surface area contributed by atoms with Crippen molar-refractivity contribution in [2.75, 3.05) is 31.1 Å². The van der Waals surface area contributed by atoms with E-state index in [1.807, 2.05) is 47.0 Å². The monoisotopic (exact) mass is 348 g/mol. The third kappa shape index (κ3) is 3.28. The molecule has 3 aromatic heterocycles. The van der Waals surface area contributed by atoms with Crippen molar-refractivity contribution in [1.29, 1.82) is 0 Å². The van der Waals surface area contributed by atoms with Gasteiger partial charge in [-0.3, -0.25) is 9.78 Å². The minimum atomic E-state index is 0.0546. The predicted molar refractivity (Wildman–Crippen MR) is 98.4 cm³/mol. The minimum absolute atomic E-state index is 0.0546. The van der Waals surface area contributed by atoms with Crippen LogP contribution in [0.25, 0.3) is 5.82 Å². The Kier molecular flexibility index (Phi) is 4.35. The summed E-state index contributed by atoms with van der Waals surface area (Å²) < 4.78 is 1.97. The van der Waals surface area contributed by atoms with Crippen molar-refractivity contribution in [3.8, 4) is 5.82 Å². The Bertz CT molecular complexity index is 886. The van der Waals surface area contributed by atoms with Crippen LogP contribution in [0.3, 0.4) is 0 Å². The molecule has 1 saturated heterocycles. The first-order valence-electron chi connectivity index (χ1n) is 8.64. The maximum Gasteiger partial charge on any atom is 0.254 e. The van der Waals surface area contributed by atoms with Crippen LogP contribution < -0.4 is 4.90 Å². The maximum absolute atomic E-state index is 12.6. The first kappa shape index (κ1) is 16.3. The van der Waals surface area contributed by atoms with Gasteiger partial charge < -0.3 is 14.4 Å². The summed E-state index contributed by atoms with van der Waals surface area (Å²) >= 11 is 0. The van der Waals surface area contributed by atoms with E-state index < -0.39 is 0 Å². The Labute approximate surface area is 151 Å². The molecule has 1 fully saturated rings. The quantitative estimate of drug-likeness (QED) is 0.724. The van der Waals surface area contributed by atoms with Crippen LogP contribution in [0, 0.1) is 6.92 Å². The number of pyridine rings is 1. The summed E-state index contributed by atoms with van der Waals surface area (Å²) in [6.07, 6.45) is 7.24. The van der Waals surface area contributed by atoms with Crippen LogP contribution in [-0.2, 0) is 0 Å². The molecule has 4 rings (SSSR count). The molecule has 0 spiro atoms. The molecule has 3 aromatic rings. The smallest absolute Gasteiger partial charge is 0.254 e. The topological polar surface area (TPSA) is 67.2 Å². The molecule has 1 amide bonds. The number of aryl methyl sites for hydroxylation is 1. The van der Waals surface area contributed by atoms with Crippen molar-refractivity contribution in [1.82, 2.24) is 24.4 Å². The molecule has 0 aromatic carbocycles. The second-order valence-corrected chi connectivity index (χ2v) is 6.24. The van der Waals surface area contributed by atoms with Crippen LogP contribution >= 0.6 is 0 Å². The summed E-state index contributed by atoms with van der Waals surface area (Å²) in [4.78, 5) is 29.7. The second-order valence-electron chi connectivity index (χ2n) is 6.24. The summed E-state index contributed by atoms with van der Waals surface area (Å²) in [5, 5.41) is 0. The van der Waals surface area contributed by atoms with E-state index in [0.29, 0.717) is 18.7 Å². The Morgan fingerprint density at radius 3 is 2.31 bits per heavy atom. The zero-order chi connectivity index (χ0) is 17.9. The lowest BCUT2D eigenvalue weighted by Gasteiger charge is -2.35. The second kappa shape index (κ2) is 6.95. The normalized spacial score (nSPS) is 14.5. The predicted octanol–water partition coefficient (Wildman–Crippen LogP) is 1.93. The maximum atomic E-state index is 12.6. The standard InChI is InChI=1S/C19H20N6O/c1-15-21-17(23-8-2-3-9-23)14-18(22-15)24-10-12-25(13-11-24)19(26)16-4-6-20-7-5-16/h2-9,14H,10-13H2,1H3. The van der Waals surface area contributed by atoms with Crippen molar-refractivity contribution < 1.29 is 4.79 Å². The van der Waals surface area contributed by atoms with Gasteiger partial charge in [-0.25, -0.2) is 9.97 Å². The van der Waals surface area contributed by atoms with Crippen LogP contribution in [-0.4, -0.2) is 56.5 Å². The summed E-state index contributed by atoms with van der Waals surface area (Å²) in [7, 11) is 0. The van der Waals surface area contributed by atoms with Gasteiger partial charge in [-0.2, -0.15) is 0 Å². The molecule has 7 heteroatoms. The zero-order valence-electron chi connectivity index (χ0n) is 14.6. The fourth-order valence-electron chi connectivity index (χ4n) is 3.13. The summed E-state index contributed by atoms with van der Waals surface area (Å²) in [5.74, 6) is 2.55. The lowest BCUT2D eigenvalue weighted by molar-refractivity contribution is 0.0746. The number of amides is 1. The molecular weight excluding hydrogens is 328 g/mol. The van der Waals surface area contributed by atoms with Crippen LogP contribution in [0.15, 0.2) is 55.1 Å². The van der Waals surface area contributed by atoms with Crippen LogP contribution in [0.2, 0.25) is 0 Å². The van der Waals surface area contributed by atoms with Crippen molar-refractivity contribution in [3.05, 3.63) is 66.5 Å². The highest BCUT2D eigenvalue weighted by Crippen LogP contribution is 2.18. The van der Waals surface area contributed by atoms with Crippen molar-refractivity contribution >= 4 is 11.7 Å². The molecule has 0 N–H and O–H groups in total. The number of aromatic nitrogens is 4. The lowest BCUT2D eigenvalue weighted by Crippen LogP contribution is -2.49. The number of hydrogen-bond donors (Lipinski definition) is 0. The van der Waals surface area contributed by atoms with E-state index >= 15 is 0 Å². The van der Waals surface area contributed by atoms with Crippen LogP contribution in [0.4, 0.5) is 5.82 Å². The summed E-state index contributed by atoms with van der Waals surface area (Å²) in [6.45, 7) is 4.74. The molecular formula is C19H20N6O. The fraction of sp³-hybridized carbons (Fsp3) is 0.263. The fourth-order valence-corrected chi connectivity index (χ4v) is 3.13. The molecule has 0 bridgehead atoms. The number of rotatable bonds is 3. The van der Waals surface area contributed by atoms with Gasteiger partial charge in [-0.1, -0.05) is 0 Å². The summed E-state index contributed by atoms with van der Waals surface area (Å²) in [5.41, 5.74) is 0.682. The van der Waals surface area contributed by atoms with Gasteiger partial charge in [0.25, 0.3) is 5.91 Å². The van der Waals surface area contributed by atoms with Gasteiger partial charge in [0, 0.05) is 62.6 Å². The van der Waals surface area contributed by atoms with E-state index in [2.05, 4.69) is 19.9 Å². The molecule has 0 radical (unpaired) electrons. The summed E-state index contributed by atoms with van der Waals surface area (Å²) in [6, 6.07) is 9.45. The highest BCUT2D eigenvalue weighted by molar-refractivity contribution is 5.94. The van der Waals surface area contributed by atoms with Gasteiger partial charge in [0.2, 0.25) is 0 Å². The molecule has 1 aliphatic rings. The highest BCUT2D eigenvalue weighted by Gasteiger charge is 2.23. The average molecular weight is 348 g/mol. The molecule has 26 heavy (non-hydrogen) atoms. The number of piperazine rings is 1. The first-order chi connectivity index (χ1) is 12.7. The number of hydrogen-bond acceptors (Lipinski definition) is 5. The molecule has 0 atom stereocenters. The number of carbonyl (C=O) groups is 1. The third-order valence-electron chi connectivity index (χ3n) is 4.50. The third-order valence-corrected chi connectivity index (χ3v) is 4.50. The average Bonchev–Trinajstić information content (AvgIpc) is 3.23. The van der Waals surface area contributed by atoms with Gasteiger partial charge in [-0.15, -0.1) is 0 Å². The van der Waals surface area contributed by atoms with Gasteiger partial charge in [0.05, 0.1) is 0 Å². The number of carbonyl (C=O) groups excluding carboxylic acids is 1. The molecule has 0 unspecified atom stereocenters. The Balaban J connectivity index is 1.47. The van der Waals surface area contributed by atoms with Crippen molar-refractivity contribution in [2.24, 2.45) is 0 Å². The molecule has 0 saturated carbocycles. The van der Waals surface area contributed by atoms with E-state index in [0.717, 1.165) is 30.5 Å². The van der Waals surface area contributed by atoms with Gasteiger partial charge in [-0.05, 0) is 31.2 Å². The van der Waals surface area contributed by atoms with E-state index in [1.165, 1.54) is 0 Å². The Morgan fingerprint density at radius 1 is 0.962 bits per heavy atom. The Morgan fingerprint density at radius 2 is 1.62 bits per heavy atom. The molecule has 7 nitrogen and oxygen atoms in total. The highest BCUT2D eigenvalue weighted by atomic mass is 16.2. The van der Waals surface area contributed by atoms with Gasteiger partial charge in [0.1, 0.15) is 17.5 Å². The number of nitrogens with zero attached hydrogens (tertiary/aromatic N) is 6. The minimum Gasteiger partial charge on any atom is -0.353 e. The molecule has 1 aliphatic heterocycles. The van der Waals surface area contributed by atoms with Crippen LogP contribution in [0.5, 0.6) is 0 Å². The van der Waals surface area contributed by atoms with Crippen molar-refractivity contribution in [3.63, 3.8) is 0 Å². The van der Waals surface area contributed by atoms with Gasteiger partial charge in [0.15, 0.2) is 0 Å². The molecule has 4 heterocycles. The van der Waals surface area contributed by atoms with E-state index in [9.17, 15) is 4.79 Å². The molecule has 0 aliphatic carbocycles. The number of anilines is 1. The van der Waals surface area contributed by atoms with Crippen LogP contribution in [0.1, 0.15) is 16.2 Å². The van der Waals surface area contributed by atoms with Gasteiger partial charge >= 0.3 is 0 Å². The lowest BCUT2D eigenvalue weighted by atomic mass is 10.2. The zero-order valence-corrected chi connectivity index (χ0v) is 14.6. The van der Waals surface area contributed by atoms with Crippen molar-refractivity contribution in [2.45, 2.75) is 6.92 Å². The first-order valence-corrected chi connectivity index (χ1v) is 8.64. The van der Waals surface area contributed by atoms with E-state index in [-0.39, 0.29) is 5.91 Å². The Hall–Kier alpha value is -3.22. The largest absolute Gasteiger partial charge is 0.353 e. The van der Waals surface area contributed by atoms with E-state index in [1.54, 1.807) is 24.5 Å². The van der Waals surface area contributed by atoms with E-state index in [4.69, 9.17) is 0 Å². The SMILES string of the molecule is Cc1nc(N2CCN(C(=O)c3ccncc3)CC2)cc(-n2cccc2)n1. The molecule has 132 valence electrons.